The minimum atomic E-state index is -0.199. The van der Waals surface area contributed by atoms with Crippen LogP contribution in [0.5, 0.6) is 5.75 Å². The van der Waals surface area contributed by atoms with Crippen molar-refractivity contribution in [1.82, 2.24) is 20.0 Å². The molecule has 1 N–H and O–H groups in total. The van der Waals surface area contributed by atoms with Crippen molar-refractivity contribution in [2.24, 2.45) is 0 Å². The first-order valence-electron chi connectivity index (χ1n) is 6.44. The Morgan fingerprint density at radius 2 is 2.10 bits per heavy atom. The molecule has 1 aromatic carbocycles. The molecule has 3 aromatic rings. The molecule has 21 heavy (non-hydrogen) atoms. The summed E-state index contributed by atoms with van der Waals surface area (Å²) in [6.45, 7) is -0.199. The van der Waals surface area contributed by atoms with Crippen LogP contribution in [0.1, 0.15) is 5.69 Å². The predicted molar refractivity (Wildman–Crippen MR) is 77.1 cm³/mol. The molecule has 0 aliphatic rings. The largest absolute Gasteiger partial charge is 0.497 e. The average Bonchev–Trinajstić information content (AvgIpc) is 2.99. The third kappa shape index (κ3) is 2.48. The molecule has 0 aliphatic heterocycles. The van der Waals surface area contributed by atoms with Crippen molar-refractivity contribution < 1.29 is 9.84 Å². The lowest BCUT2D eigenvalue weighted by molar-refractivity contribution is 0.277. The van der Waals surface area contributed by atoms with Gasteiger partial charge in [0.25, 0.3) is 0 Å². The number of aliphatic hydroxyl groups is 1. The summed E-state index contributed by atoms with van der Waals surface area (Å²) in [6.07, 6.45) is 1.69. The van der Waals surface area contributed by atoms with Crippen LogP contribution in [0.4, 0.5) is 0 Å². The van der Waals surface area contributed by atoms with E-state index in [1.165, 1.54) is 0 Å². The number of nitrogens with zero attached hydrogens (tertiary/aromatic N) is 4. The molecule has 0 atom stereocenters. The van der Waals surface area contributed by atoms with E-state index in [-0.39, 0.29) is 6.61 Å². The van der Waals surface area contributed by atoms with Crippen LogP contribution in [0.15, 0.2) is 48.7 Å². The molecule has 6 heteroatoms. The van der Waals surface area contributed by atoms with E-state index in [0.29, 0.717) is 17.1 Å². The summed E-state index contributed by atoms with van der Waals surface area (Å²) in [5.74, 6) is 0.723. The molecule has 0 saturated heterocycles. The maximum absolute atomic E-state index is 9.47. The monoisotopic (exact) mass is 282 g/mol. The number of hydrogen-bond donors (Lipinski definition) is 1. The Balaban J connectivity index is 2.17. The molecule has 0 spiro atoms. The van der Waals surface area contributed by atoms with Gasteiger partial charge in [-0.2, -0.15) is 0 Å². The standard InChI is InChI=1S/C15H14N4O2/c1-21-12-6-4-5-11(9-12)19-15(14(10-20)17-18-19)13-7-2-3-8-16-13/h2-9,20H,10H2,1H3. The van der Waals surface area contributed by atoms with Crippen LogP contribution in [-0.2, 0) is 6.61 Å². The van der Waals surface area contributed by atoms with Crippen molar-refractivity contribution >= 4 is 0 Å². The molecule has 6 nitrogen and oxygen atoms in total. The molecule has 0 radical (unpaired) electrons. The van der Waals surface area contributed by atoms with E-state index >= 15 is 0 Å². The highest BCUT2D eigenvalue weighted by atomic mass is 16.5. The molecule has 106 valence electrons. The zero-order valence-corrected chi connectivity index (χ0v) is 11.5. The van der Waals surface area contributed by atoms with Gasteiger partial charge in [0.2, 0.25) is 0 Å². The first-order chi connectivity index (χ1) is 10.3. The van der Waals surface area contributed by atoms with Gasteiger partial charge in [-0.05, 0) is 24.3 Å². The molecule has 0 fully saturated rings. The van der Waals surface area contributed by atoms with Crippen molar-refractivity contribution in [2.45, 2.75) is 6.61 Å². The van der Waals surface area contributed by atoms with Crippen molar-refractivity contribution in [2.75, 3.05) is 7.11 Å². The van der Waals surface area contributed by atoms with Crippen molar-refractivity contribution in [1.29, 1.82) is 0 Å². The Kier molecular flexibility index (Phi) is 3.61. The Morgan fingerprint density at radius 1 is 1.19 bits per heavy atom. The van der Waals surface area contributed by atoms with Crippen molar-refractivity contribution in [3.8, 4) is 22.8 Å². The molecule has 0 unspecified atom stereocenters. The zero-order chi connectivity index (χ0) is 14.7. The summed E-state index contributed by atoms with van der Waals surface area (Å²) < 4.78 is 6.88. The molecule has 2 aromatic heterocycles. The van der Waals surface area contributed by atoms with Gasteiger partial charge < -0.3 is 9.84 Å². The molecule has 3 rings (SSSR count). The van der Waals surface area contributed by atoms with E-state index in [1.54, 1.807) is 18.0 Å². The van der Waals surface area contributed by atoms with Gasteiger partial charge in [-0.1, -0.05) is 17.3 Å². The zero-order valence-electron chi connectivity index (χ0n) is 11.5. The Morgan fingerprint density at radius 3 is 2.81 bits per heavy atom. The van der Waals surface area contributed by atoms with Gasteiger partial charge in [0.15, 0.2) is 0 Å². The number of benzene rings is 1. The number of pyridine rings is 1. The lowest BCUT2D eigenvalue weighted by Gasteiger charge is -2.08. The van der Waals surface area contributed by atoms with Gasteiger partial charge >= 0.3 is 0 Å². The number of rotatable bonds is 4. The number of aromatic nitrogens is 4. The van der Waals surface area contributed by atoms with E-state index in [9.17, 15) is 5.11 Å². The number of aliphatic hydroxyl groups excluding tert-OH is 1. The van der Waals surface area contributed by atoms with Crippen molar-refractivity contribution in [3.63, 3.8) is 0 Å². The SMILES string of the molecule is COc1cccc(-n2nnc(CO)c2-c2ccccn2)c1. The van der Waals surface area contributed by atoms with E-state index in [0.717, 1.165) is 11.4 Å². The van der Waals surface area contributed by atoms with Crippen LogP contribution in [-0.4, -0.2) is 32.2 Å². The Labute approximate surface area is 121 Å². The molecular weight excluding hydrogens is 268 g/mol. The van der Waals surface area contributed by atoms with E-state index < -0.39 is 0 Å². The maximum Gasteiger partial charge on any atom is 0.121 e. The van der Waals surface area contributed by atoms with Crippen LogP contribution in [0, 0.1) is 0 Å². The van der Waals surface area contributed by atoms with Crippen molar-refractivity contribution in [3.05, 3.63) is 54.4 Å². The number of hydrogen-bond acceptors (Lipinski definition) is 5. The lowest BCUT2D eigenvalue weighted by Crippen LogP contribution is -2.01. The van der Waals surface area contributed by atoms with Crippen LogP contribution in [0.3, 0.4) is 0 Å². The highest BCUT2D eigenvalue weighted by Crippen LogP contribution is 2.25. The van der Waals surface area contributed by atoms with Gasteiger partial charge in [0, 0.05) is 12.3 Å². The van der Waals surface area contributed by atoms with Crippen LogP contribution in [0.2, 0.25) is 0 Å². The Bertz CT molecular complexity index is 740. The van der Waals surface area contributed by atoms with Gasteiger partial charge in [-0.25, -0.2) is 4.68 Å². The smallest absolute Gasteiger partial charge is 0.121 e. The van der Waals surface area contributed by atoms with Crippen LogP contribution < -0.4 is 4.74 Å². The fourth-order valence-electron chi connectivity index (χ4n) is 2.10. The summed E-state index contributed by atoms with van der Waals surface area (Å²) in [5, 5.41) is 17.6. The minimum Gasteiger partial charge on any atom is -0.497 e. The summed E-state index contributed by atoms with van der Waals surface area (Å²) in [7, 11) is 1.61. The first kappa shape index (κ1) is 13.3. The fourth-order valence-corrected chi connectivity index (χ4v) is 2.10. The second-order valence-corrected chi connectivity index (χ2v) is 4.37. The highest BCUT2D eigenvalue weighted by molar-refractivity contribution is 5.60. The Hall–Kier alpha value is -2.73. The molecule has 0 bridgehead atoms. The van der Waals surface area contributed by atoms with E-state index in [4.69, 9.17) is 4.74 Å². The van der Waals surface area contributed by atoms with E-state index in [2.05, 4.69) is 15.3 Å². The normalized spacial score (nSPS) is 10.6. The van der Waals surface area contributed by atoms with Gasteiger partial charge in [0.1, 0.15) is 17.1 Å². The summed E-state index contributed by atoms with van der Waals surface area (Å²) in [5.41, 5.74) is 2.65. The summed E-state index contributed by atoms with van der Waals surface area (Å²) in [6, 6.07) is 13.0. The molecule has 0 amide bonds. The average molecular weight is 282 g/mol. The van der Waals surface area contributed by atoms with Crippen LogP contribution >= 0.6 is 0 Å². The quantitative estimate of drug-likeness (QED) is 0.790. The summed E-state index contributed by atoms with van der Waals surface area (Å²) in [4.78, 5) is 4.32. The molecule has 0 aliphatic carbocycles. The van der Waals surface area contributed by atoms with Gasteiger partial charge in [-0.15, -0.1) is 5.10 Å². The van der Waals surface area contributed by atoms with Gasteiger partial charge in [0.05, 0.1) is 25.1 Å². The van der Waals surface area contributed by atoms with E-state index in [1.807, 2.05) is 42.5 Å². The lowest BCUT2D eigenvalue weighted by atomic mass is 10.2. The third-order valence-electron chi connectivity index (χ3n) is 3.10. The van der Waals surface area contributed by atoms with Gasteiger partial charge in [-0.3, -0.25) is 4.98 Å². The maximum atomic E-state index is 9.47. The van der Waals surface area contributed by atoms with Crippen LogP contribution in [0.25, 0.3) is 17.1 Å². The molecular formula is C15H14N4O2. The first-order valence-corrected chi connectivity index (χ1v) is 6.44. The topological polar surface area (TPSA) is 73.1 Å². The highest BCUT2D eigenvalue weighted by Gasteiger charge is 2.16. The fraction of sp³-hybridized carbons (Fsp3) is 0.133. The second-order valence-electron chi connectivity index (χ2n) is 4.37. The third-order valence-corrected chi connectivity index (χ3v) is 3.10. The summed E-state index contributed by atoms with van der Waals surface area (Å²) >= 11 is 0. The predicted octanol–water partition coefficient (Wildman–Crippen LogP) is 1.83. The second kappa shape index (κ2) is 5.72. The number of methoxy groups -OCH3 is 1. The minimum absolute atomic E-state index is 0.199. The molecule has 2 heterocycles. The number of ether oxygens (including phenoxy) is 1. The molecule has 0 saturated carbocycles.